The van der Waals surface area contributed by atoms with E-state index >= 15 is 0 Å². The number of rotatable bonds is 5. The number of carbonyl (C=O) groups excluding carboxylic acids is 2. The lowest BCUT2D eigenvalue weighted by Gasteiger charge is -2.35. The lowest BCUT2D eigenvalue weighted by molar-refractivity contribution is -0.132. The molecule has 0 saturated carbocycles. The molecule has 0 spiro atoms. The van der Waals surface area contributed by atoms with Gasteiger partial charge in [0.1, 0.15) is 0 Å². The van der Waals surface area contributed by atoms with Gasteiger partial charge in [-0.25, -0.2) is 0 Å². The van der Waals surface area contributed by atoms with Crippen LogP contribution in [0.1, 0.15) is 52.4 Å². The van der Waals surface area contributed by atoms with E-state index in [1.807, 2.05) is 50.9 Å². The van der Waals surface area contributed by atoms with Gasteiger partial charge in [-0.1, -0.05) is 60.7 Å². The van der Waals surface area contributed by atoms with Gasteiger partial charge < -0.3 is 9.80 Å². The molecule has 1 fully saturated rings. The molecule has 1 saturated heterocycles. The molecule has 0 bridgehead atoms. The number of piperazine rings is 1. The van der Waals surface area contributed by atoms with Gasteiger partial charge in [0.05, 0.1) is 17.5 Å². The van der Waals surface area contributed by atoms with Crippen molar-refractivity contribution in [3.63, 3.8) is 0 Å². The summed E-state index contributed by atoms with van der Waals surface area (Å²) in [5.74, 6) is 0.220. The van der Waals surface area contributed by atoms with E-state index in [1.165, 1.54) is 0 Å². The molecule has 170 valence electrons. The van der Waals surface area contributed by atoms with Gasteiger partial charge in [-0.2, -0.15) is 5.10 Å². The smallest absolute Gasteiger partial charge is 0.257 e. The van der Waals surface area contributed by atoms with Gasteiger partial charge in [-0.15, -0.1) is 0 Å². The van der Waals surface area contributed by atoms with Crippen molar-refractivity contribution in [2.24, 2.45) is 0 Å². The lowest BCUT2D eigenvalue weighted by Crippen LogP contribution is -2.51. The number of hydrogen-bond donors (Lipinski definition) is 0. The molecule has 0 radical (unpaired) electrons. The Morgan fingerprint density at radius 3 is 2.03 bits per heavy atom. The highest BCUT2D eigenvalue weighted by atomic mass is 16.2. The molecular formula is C27H30N4O2. The molecule has 0 unspecified atom stereocenters. The van der Waals surface area contributed by atoms with Crippen LogP contribution in [0.15, 0.2) is 66.9 Å². The molecule has 3 heterocycles. The monoisotopic (exact) mass is 442 g/mol. The van der Waals surface area contributed by atoms with Gasteiger partial charge in [0, 0.05) is 45.1 Å². The predicted molar refractivity (Wildman–Crippen MR) is 127 cm³/mol. The Bertz CT molecular complexity index is 1060. The van der Waals surface area contributed by atoms with E-state index in [4.69, 9.17) is 0 Å². The zero-order valence-corrected chi connectivity index (χ0v) is 18.9. The van der Waals surface area contributed by atoms with Crippen LogP contribution >= 0.6 is 0 Å². The third kappa shape index (κ3) is 4.56. The normalized spacial score (nSPS) is 16.0. The van der Waals surface area contributed by atoms with E-state index in [9.17, 15) is 9.59 Å². The van der Waals surface area contributed by atoms with Crippen LogP contribution in [0.3, 0.4) is 0 Å². The first-order valence-electron chi connectivity index (χ1n) is 11.9. The molecule has 2 aromatic carbocycles. The number of amides is 2. The Labute approximate surface area is 194 Å². The van der Waals surface area contributed by atoms with E-state index in [1.54, 1.807) is 6.20 Å². The maximum atomic E-state index is 13.3. The van der Waals surface area contributed by atoms with Crippen LogP contribution in [0.25, 0.3) is 0 Å². The van der Waals surface area contributed by atoms with Gasteiger partial charge in [0.25, 0.3) is 5.91 Å². The maximum absolute atomic E-state index is 13.3. The van der Waals surface area contributed by atoms with E-state index < -0.39 is 0 Å². The second-order valence-electron chi connectivity index (χ2n) is 8.94. The van der Waals surface area contributed by atoms with Gasteiger partial charge >= 0.3 is 0 Å². The average molecular weight is 443 g/mol. The highest BCUT2D eigenvalue weighted by molar-refractivity contribution is 5.95. The summed E-state index contributed by atoms with van der Waals surface area (Å²) in [5.41, 5.74) is 4.11. The maximum Gasteiger partial charge on any atom is 0.257 e. The van der Waals surface area contributed by atoms with Crippen LogP contribution in [0.2, 0.25) is 0 Å². The highest BCUT2D eigenvalue weighted by Gasteiger charge is 2.29. The molecule has 2 aliphatic heterocycles. The van der Waals surface area contributed by atoms with E-state index in [-0.39, 0.29) is 17.7 Å². The van der Waals surface area contributed by atoms with Crippen molar-refractivity contribution >= 4 is 11.8 Å². The molecule has 0 N–H and O–H groups in total. The van der Waals surface area contributed by atoms with Gasteiger partial charge in [-0.05, 0) is 30.4 Å². The molecule has 0 atom stereocenters. The van der Waals surface area contributed by atoms with E-state index in [0.29, 0.717) is 32.6 Å². The quantitative estimate of drug-likeness (QED) is 0.605. The molecule has 1 aromatic heterocycles. The van der Waals surface area contributed by atoms with Crippen molar-refractivity contribution in [3.05, 3.63) is 89.2 Å². The zero-order chi connectivity index (χ0) is 22.6. The Balaban J connectivity index is 1.24. The first kappa shape index (κ1) is 21.4. The third-order valence-electron chi connectivity index (χ3n) is 6.91. The second-order valence-corrected chi connectivity index (χ2v) is 8.94. The van der Waals surface area contributed by atoms with Crippen LogP contribution in [0.4, 0.5) is 0 Å². The van der Waals surface area contributed by atoms with Crippen LogP contribution in [-0.4, -0.2) is 57.6 Å². The summed E-state index contributed by atoms with van der Waals surface area (Å²) in [5, 5.41) is 4.41. The number of benzene rings is 2. The summed E-state index contributed by atoms with van der Waals surface area (Å²) < 4.78 is 1.98. The zero-order valence-electron chi connectivity index (χ0n) is 18.9. The Hall–Kier alpha value is -3.41. The summed E-state index contributed by atoms with van der Waals surface area (Å²) in [6, 6.07) is 20.5. The average Bonchev–Trinajstić information content (AvgIpc) is 3.32. The minimum Gasteiger partial charge on any atom is -0.339 e. The van der Waals surface area contributed by atoms with Crippen molar-refractivity contribution in [2.75, 3.05) is 26.2 Å². The Morgan fingerprint density at radius 1 is 0.788 bits per heavy atom. The standard InChI is InChI=1S/C27H30N4O2/c32-26(19-23(21-9-3-1-4-10-21)22-11-5-2-6-12-22)29-15-17-30(18-16-29)27(33)24-20-28-31-14-8-7-13-25(24)31/h1-6,9-12,20,23H,7-8,13-19H2. The van der Waals surface area contributed by atoms with E-state index in [0.717, 1.165) is 48.2 Å². The second kappa shape index (κ2) is 9.61. The Kier molecular flexibility index (Phi) is 6.24. The molecular weight excluding hydrogens is 412 g/mol. The number of aryl methyl sites for hydroxylation is 1. The SMILES string of the molecule is O=C(CC(c1ccccc1)c1ccccc1)N1CCN(C(=O)c2cnn3c2CCCC3)CC1. The highest BCUT2D eigenvalue weighted by Crippen LogP contribution is 2.29. The molecule has 3 aromatic rings. The van der Waals surface area contributed by atoms with Crippen molar-refractivity contribution in [1.82, 2.24) is 19.6 Å². The largest absolute Gasteiger partial charge is 0.339 e. The van der Waals surface area contributed by atoms with Crippen molar-refractivity contribution < 1.29 is 9.59 Å². The number of nitrogens with zero attached hydrogens (tertiary/aromatic N) is 4. The van der Waals surface area contributed by atoms with Gasteiger partial charge in [-0.3, -0.25) is 14.3 Å². The lowest BCUT2D eigenvalue weighted by atomic mass is 9.88. The molecule has 0 aliphatic carbocycles. The van der Waals surface area contributed by atoms with Crippen LogP contribution < -0.4 is 0 Å². The van der Waals surface area contributed by atoms with Gasteiger partial charge in [0.15, 0.2) is 0 Å². The number of aromatic nitrogens is 2. The summed E-state index contributed by atoms with van der Waals surface area (Å²) in [6.45, 7) is 3.18. The fourth-order valence-electron chi connectivity index (χ4n) is 5.03. The minimum absolute atomic E-state index is 0.0264. The summed E-state index contributed by atoms with van der Waals surface area (Å²) in [4.78, 5) is 30.2. The predicted octanol–water partition coefficient (Wildman–Crippen LogP) is 3.73. The number of hydrogen-bond acceptors (Lipinski definition) is 3. The number of carbonyl (C=O) groups is 2. The minimum atomic E-state index is 0.0264. The number of fused-ring (bicyclic) bond motifs is 1. The third-order valence-corrected chi connectivity index (χ3v) is 6.91. The summed E-state index contributed by atoms with van der Waals surface area (Å²) in [7, 11) is 0. The first-order valence-corrected chi connectivity index (χ1v) is 11.9. The van der Waals surface area contributed by atoms with Crippen molar-refractivity contribution in [2.45, 2.75) is 38.1 Å². The van der Waals surface area contributed by atoms with Crippen LogP contribution in [-0.2, 0) is 17.8 Å². The topological polar surface area (TPSA) is 58.4 Å². The Morgan fingerprint density at radius 2 is 1.39 bits per heavy atom. The molecule has 33 heavy (non-hydrogen) atoms. The molecule has 6 heteroatoms. The van der Waals surface area contributed by atoms with Crippen LogP contribution in [0.5, 0.6) is 0 Å². The van der Waals surface area contributed by atoms with Crippen molar-refractivity contribution in [3.8, 4) is 0 Å². The first-order chi connectivity index (χ1) is 16.2. The molecule has 2 aliphatic rings. The summed E-state index contributed by atoms with van der Waals surface area (Å²) >= 11 is 0. The fourth-order valence-corrected chi connectivity index (χ4v) is 5.03. The fraction of sp³-hybridized carbons (Fsp3) is 0.370. The molecule has 5 rings (SSSR count). The van der Waals surface area contributed by atoms with Crippen molar-refractivity contribution in [1.29, 1.82) is 0 Å². The molecule has 6 nitrogen and oxygen atoms in total. The van der Waals surface area contributed by atoms with Gasteiger partial charge in [0.2, 0.25) is 5.91 Å². The molecule has 2 amide bonds. The van der Waals surface area contributed by atoms with E-state index in [2.05, 4.69) is 29.4 Å². The summed E-state index contributed by atoms with van der Waals surface area (Å²) in [6.07, 6.45) is 5.30. The van der Waals surface area contributed by atoms with Crippen LogP contribution in [0, 0.1) is 0 Å².